The number of thiophene rings is 1. The van der Waals surface area contributed by atoms with Crippen LogP contribution in [0.1, 0.15) is 15.9 Å². The molecule has 7 heteroatoms. The number of hydrogen-bond donors (Lipinski definition) is 1. The van der Waals surface area contributed by atoms with Crippen LogP contribution in [0.2, 0.25) is 0 Å². The standard InChI is InChI=1S/C20H16N2O2S3/c1-24-15-6-4-8-17-18(15)21-20(27-17)22-19(23)14-5-2-3-7-16(14)26-12-13-9-10-25-11-13/h2-11H,12H2,1H3,(H,21,22,23). The summed E-state index contributed by atoms with van der Waals surface area (Å²) in [6, 6.07) is 15.5. The third kappa shape index (κ3) is 4.00. The minimum Gasteiger partial charge on any atom is -0.494 e. The Hall–Kier alpha value is -2.35. The molecule has 0 saturated carbocycles. The van der Waals surface area contributed by atoms with E-state index >= 15 is 0 Å². The molecule has 4 aromatic rings. The number of nitrogens with one attached hydrogen (secondary N) is 1. The summed E-state index contributed by atoms with van der Waals surface area (Å²) in [5, 5.41) is 7.70. The molecule has 0 bridgehead atoms. The molecule has 0 spiro atoms. The number of fused-ring (bicyclic) bond motifs is 1. The molecule has 2 heterocycles. The number of nitrogens with zero attached hydrogens (tertiary/aromatic N) is 1. The smallest absolute Gasteiger partial charge is 0.258 e. The van der Waals surface area contributed by atoms with Gasteiger partial charge in [0.1, 0.15) is 11.3 Å². The molecule has 0 fully saturated rings. The van der Waals surface area contributed by atoms with E-state index in [4.69, 9.17) is 4.74 Å². The molecular weight excluding hydrogens is 396 g/mol. The molecular formula is C20H16N2O2S3. The van der Waals surface area contributed by atoms with E-state index in [2.05, 4.69) is 27.1 Å². The number of rotatable bonds is 6. The van der Waals surface area contributed by atoms with Crippen LogP contribution >= 0.6 is 34.4 Å². The van der Waals surface area contributed by atoms with Gasteiger partial charge in [-0.05, 0) is 46.7 Å². The van der Waals surface area contributed by atoms with Gasteiger partial charge < -0.3 is 4.74 Å². The van der Waals surface area contributed by atoms with Crippen molar-refractivity contribution in [2.45, 2.75) is 10.6 Å². The Labute approximate surface area is 169 Å². The lowest BCUT2D eigenvalue weighted by Crippen LogP contribution is -2.12. The van der Waals surface area contributed by atoms with Crippen molar-refractivity contribution in [3.05, 3.63) is 70.4 Å². The Kier molecular flexibility index (Phi) is 5.42. The van der Waals surface area contributed by atoms with Gasteiger partial charge in [0.05, 0.1) is 17.4 Å². The number of methoxy groups -OCH3 is 1. The molecule has 0 saturated heterocycles. The summed E-state index contributed by atoms with van der Waals surface area (Å²) in [6.07, 6.45) is 0. The molecule has 0 radical (unpaired) electrons. The van der Waals surface area contributed by atoms with E-state index in [-0.39, 0.29) is 5.91 Å². The van der Waals surface area contributed by atoms with Gasteiger partial charge in [-0.15, -0.1) is 11.8 Å². The summed E-state index contributed by atoms with van der Waals surface area (Å²) in [4.78, 5) is 18.3. The fourth-order valence-electron chi connectivity index (χ4n) is 2.62. The van der Waals surface area contributed by atoms with Crippen LogP contribution in [0.15, 0.2) is 64.2 Å². The monoisotopic (exact) mass is 412 g/mol. The van der Waals surface area contributed by atoms with Crippen molar-refractivity contribution in [3.8, 4) is 5.75 Å². The fraction of sp³-hybridized carbons (Fsp3) is 0.100. The van der Waals surface area contributed by atoms with Crippen LogP contribution in [-0.2, 0) is 5.75 Å². The number of thiazole rings is 1. The van der Waals surface area contributed by atoms with Crippen molar-refractivity contribution in [2.24, 2.45) is 0 Å². The quantitative estimate of drug-likeness (QED) is 0.400. The van der Waals surface area contributed by atoms with E-state index in [9.17, 15) is 4.79 Å². The van der Waals surface area contributed by atoms with Gasteiger partial charge in [-0.25, -0.2) is 4.98 Å². The van der Waals surface area contributed by atoms with Gasteiger partial charge in [-0.1, -0.05) is 29.5 Å². The Morgan fingerprint density at radius 2 is 2.07 bits per heavy atom. The Balaban J connectivity index is 1.55. The Bertz CT molecular complexity index is 1070. The first-order valence-corrected chi connectivity index (χ1v) is 11.0. The molecule has 0 aliphatic heterocycles. The van der Waals surface area contributed by atoms with Crippen LogP contribution in [0.4, 0.5) is 5.13 Å². The SMILES string of the molecule is COc1cccc2sc(NC(=O)c3ccccc3SCc3ccsc3)nc12. The Morgan fingerprint density at radius 3 is 2.89 bits per heavy atom. The van der Waals surface area contributed by atoms with Crippen molar-refractivity contribution in [2.75, 3.05) is 12.4 Å². The third-order valence-electron chi connectivity index (χ3n) is 3.93. The minimum atomic E-state index is -0.151. The van der Waals surface area contributed by atoms with Crippen LogP contribution in [-0.4, -0.2) is 18.0 Å². The second-order valence-electron chi connectivity index (χ2n) is 5.70. The number of hydrogen-bond acceptors (Lipinski definition) is 6. The van der Waals surface area contributed by atoms with Gasteiger partial charge in [-0.2, -0.15) is 11.3 Å². The number of para-hydroxylation sites is 1. The van der Waals surface area contributed by atoms with E-state index < -0.39 is 0 Å². The zero-order valence-corrected chi connectivity index (χ0v) is 16.9. The van der Waals surface area contributed by atoms with Crippen molar-refractivity contribution < 1.29 is 9.53 Å². The topological polar surface area (TPSA) is 51.2 Å². The number of ether oxygens (including phenoxy) is 1. The van der Waals surface area contributed by atoms with E-state index in [1.807, 2.05) is 42.5 Å². The normalized spacial score (nSPS) is 10.9. The second-order valence-corrected chi connectivity index (χ2v) is 8.52. The summed E-state index contributed by atoms with van der Waals surface area (Å²) in [7, 11) is 1.62. The van der Waals surface area contributed by atoms with Crippen LogP contribution in [0.25, 0.3) is 10.2 Å². The lowest BCUT2D eigenvalue weighted by atomic mass is 10.2. The maximum absolute atomic E-state index is 12.8. The number of aromatic nitrogens is 1. The zero-order chi connectivity index (χ0) is 18.6. The molecule has 4 nitrogen and oxygen atoms in total. The van der Waals surface area contributed by atoms with Crippen molar-refractivity contribution in [1.29, 1.82) is 0 Å². The van der Waals surface area contributed by atoms with Gasteiger partial charge >= 0.3 is 0 Å². The molecule has 4 rings (SSSR count). The fourth-order valence-corrected chi connectivity index (χ4v) is 5.27. The number of thioether (sulfide) groups is 1. The molecule has 2 aromatic carbocycles. The summed E-state index contributed by atoms with van der Waals surface area (Å²) < 4.78 is 6.32. The molecule has 2 aromatic heterocycles. The first-order valence-electron chi connectivity index (χ1n) is 8.22. The van der Waals surface area contributed by atoms with E-state index in [1.54, 1.807) is 30.2 Å². The number of amides is 1. The predicted molar refractivity (Wildman–Crippen MR) is 114 cm³/mol. The van der Waals surface area contributed by atoms with Crippen LogP contribution in [0, 0.1) is 0 Å². The average Bonchev–Trinajstić information content (AvgIpc) is 3.35. The first kappa shape index (κ1) is 18.0. The third-order valence-corrected chi connectivity index (χ3v) is 6.74. The minimum absolute atomic E-state index is 0.151. The van der Waals surface area contributed by atoms with Crippen molar-refractivity contribution in [3.63, 3.8) is 0 Å². The number of carbonyl (C=O) groups excluding carboxylic acids is 1. The van der Waals surface area contributed by atoms with Gasteiger partial charge in [0.25, 0.3) is 5.91 Å². The van der Waals surface area contributed by atoms with Crippen molar-refractivity contribution in [1.82, 2.24) is 4.98 Å². The van der Waals surface area contributed by atoms with E-state index in [0.717, 1.165) is 20.9 Å². The lowest BCUT2D eigenvalue weighted by Gasteiger charge is -2.08. The highest BCUT2D eigenvalue weighted by molar-refractivity contribution is 7.98. The largest absolute Gasteiger partial charge is 0.494 e. The molecule has 0 aliphatic rings. The van der Waals surface area contributed by atoms with Crippen LogP contribution in [0.3, 0.4) is 0 Å². The van der Waals surface area contributed by atoms with E-state index in [1.165, 1.54) is 16.9 Å². The molecule has 0 unspecified atom stereocenters. The second kappa shape index (κ2) is 8.12. The lowest BCUT2D eigenvalue weighted by molar-refractivity contribution is 0.102. The highest BCUT2D eigenvalue weighted by atomic mass is 32.2. The maximum atomic E-state index is 12.8. The number of anilines is 1. The first-order chi connectivity index (χ1) is 13.2. The van der Waals surface area contributed by atoms with Crippen LogP contribution < -0.4 is 10.1 Å². The summed E-state index contributed by atoms with van der Waals surface area (Å²) in [6.45, 7) is 0. The molecule has 0 atom stereocenters. The average molecular weight is 413 g/mol. The summed E-state index contributed by atoms with van der Waals surface area (Å²) in [5.41, 5.74) is 2.68. The van der Waals surface area contributed by atoms with E-state index in [0.29, 0.717) is 16.4 Å². The molecule has 27 heavy (non-hydrogen) atoms. The maximum Gasteiger partial charge on any atom is 0.258 e. The highest BCUT2D eigenvalue weighted by Crippen LogP contribution is 2.33. The van der Waals surface area contributed by atoms with Gasteiger partial charge in [0.15, 0.2) is 5.13 Å². The molecule has 1 N–H and O–H groups in total. The summed E-state index contributed by atoms with van der Waals surface area (Å²) in [5.74, 6) is 1.39. The number of carbonyl (C=O) groups is 1. The molecule has 1 amide bonds. The van der Waals surface area contributed by atoms with Gasteiger partial charge in [0.2, 0.25) is 0 Å². The number of benzene rings is 2. The zero-order valence-electron chi connectivity index (χ0n) is 14.5. The molecule has 0 aliphatic carbocycles. The van der Waals surface area contributed by atoms with Gasteiger partial charge in [-0.3, -0.25) is 10.1 Å². The highest BCUT2D eigenvalue weighted by Gasteiger charge is 2.15. The summed E-state index contributed by atoms with van der Waals surface area (Å²) >= 11 is 4.78. The Morgan fingerprint density at radius 1 is 1.19 bits per heavy atom. The van der Waals surface area contributed by atoms with Gasteiger partial charge in [0, 0.05) is 10.6 Å². The van der Waals surface area contributed by atoms with Crippen LogP contribution in [0.5, 0.6) is 5.75 Å². The van der Waals surface area contributed by atoms with Crippen molar-refractivity contribution >= 4 is 55.7 Å². The molecule has 136 valence electrons. The predicted octanol–water partition coefficient (Wildman–Crippen LogP) is 5.91.